The van der Waals surface area contributed by atoms with E-state index in [4.69, 9.17) is 9.15 Å². The number of nitrogens with zero attached hydrogens (tertiary/aromatic N) is 5. The molecule has 1 aliphatic rings. The fourth-order valence-corrected chi connectivity index (χ4v) is 3.41. The number of furan rings is 1. The van der Waals surface area contributed by atoms with Crippen LogP contribution in [0.5, 0.6) is 0 Å². The molecule has 4 rings (SSSR count). The highest BCUT2D eigenvalue weighted by molar-refractivity contribution is 5.82. The van der Waals surface area contributed by atoms with Crippen LogP contribution in [0.3, 0.4) is 0 Å². The molecule has 1 aliphatic heterocycles. The van der Waals surface area contributed by atoms with E-state index < -0.39 is 0 Å². The monoisotopic (exact) mass is 342 g/mol. The molecule has 0 radical (unpaired) electrons. The summed E-state index contributed by atoms with van der Waals surface area (Å²) in [5, 5.41) is 11.9. The van der Waals surface area contributed by atoms with Crippen LogP contribution in [0.25, 0.3) is 11.2 Å². The Bertz CT molecular complexity index is 880. The highest BCUT2D eigenvalue weighted by Gasteiger charge is 2.41. The first-order valence-electron chi connectivity index (χ1n) is 8.62. The lowest BCUT2D eigenvalue weighted by molar-refractivity contribution is -0.00123. The van der Waals surface area contributed by atoms with E-state index in [2.05, 4.69) is 32.5 Å². The van der Waals surface area contributed by atoms with Gasteiger partial charge in [0.05, 0.1) is 5.60 Å². The summed E-state index contributed by atoms with van der Waals surface area (Å²) in [6.45, 7) is 7.50. The Balaban J connectivity index is 1.75. The summed E-state index contributed by atoms with van der Waals surface area (Å²) in [4.78, 5) is 8.70. The number of anilines is 1. The zero-order valence-corrected chi connectivity index (χ0v) is 14.7. The average molecular weight is 342 g/mol. The molecule has 0 amide bonds. The Hall–Kier alpha value is -2.48. The zero-order valence-electron chi connectivity index (χ0n) is 14.7. The molecule has 25 heavy (non-hydrogen) atoms. The van der Waals surface area contributed by atoms with Crippen LogP contribution in [0, 0.1) is 6.92 Å². The standard InChI is InChI=1S/C17H22N6O2/c1-4-23-16-13(21-22-23)15(18-10-19-16)20-14(12-7-6-11(2)25-12)17(3)8-5-9-24-17/h6-7,10,14H,4-5,8-9H2,1-3H3,(H,18,19,20). The molecule has 1 saturated heterocycles. The van der Waals surface area contributed by atoms with Crippen LogP contribution in [-0.2, 0) is 11.3 Å². The van der Waals surface area contributed by atoms with Crippen molar-refractivity contribution in [3.8, 4) is 0 Å². The quantitative estimate of drug-likeness (QED) is 0.762. The highest BCUT2D eigenvalue weighted by Crippen LogP contribution is 2.40. The van der Waals surface area contributed by atoms with Crippen LogP contribution in [0.2, 0.25) is 0 Å². The third kappa shape index (κ3) is 2.76. The Labute approximate surface area is 145 Å². The van der Waals surface area contributed by atoms with Crippen molar-refractivity contribution in [3.05, 3.63) is 30.0 Å². The molecule has 0 saturated carbocycles. The van der Waals surface area contributed by atoms with Gasteiger partial charge in [-0.05, 0) is 45.7 Å². The van der Waals surface area contributed by atoms with Crippen LogP contribution in [0.4, 0.5) is 5.82 Å². The Morgan fingerprint density at radius 1 is 1.36 bits per heavy atom. The molecule has 1 fully saturated rings. The second kappa shape index (κ2) is 6.11. The van der Waals surface area contributed by atoms with Crippen LogP contribution < -0.4 is 5.32 Å². The van der Waals surface area contributed by atoms with Gasteiger partial charge >= 0.3 is 0 Å². The maximum absolute atomic E-state index is 6.07. The molecule has 3 aromatic heterocycles. The minimum Gasteiger partial charge on any atom is -0.464 e. The molecule has 0 bridgehead atoms. The van der Waals surface area contributed by atoms with E-state index in [0.717, 1.165) is 31.0 Å². The predicted molar refractivity (Wildman–Crippen MR) is 92.2 cm³/mol. The Morgan fingerprint density at radius 2 is 2.24 bits per heavy atom. The first-order valence-corrected chi connectivity index (χ1v) is 8.62. The number of hydrogen-bond acceptors (Lipinski definition) is 7. The molecule has 8 nitrogen and oxygen atoms in total. The van der Waals surface area contributed by atoms with E-state index in [-0.39, 0.29) is 11.6 Å². The molecular weight excluding hydrogens is 320 g/mol. The van der Waals surface area contributed by atoms with Gasteiger partial charge in [0.2, 0.25) is 0 Å². The van der Waals surface area contributed by atoms with E-state index in [1.54, 1.807) is 4.68 Å². The maximum Gasteiger partial charge on any atom is 0.183 e. The summed E-state index contributed by atoms with van der Waals surface area (Å²) < 4.78 is 13.7. The number of aromatic nitrogens is 5. The van der Waals surface area contributed by atoms with Gasteiger partial charge in [-0.3, -0.25) is 0 Å². The van der Waals surface area contributed by atoms with Gasteiger partial charge in [-0.2, -0.15) is 0 Å². The minimum absolute atomic E-state index is 0.173. The molecule has 0 aromatic carbocycles. The van der Waals surface area contributed by atoms with Crippen molar-refractivity contribution in [2.45, 2.75) is 51.8 Å². The average Bonchev–Trinajstić information content (AvgIpc) is 3.32. The first-order chi connectivity index (χ1) is 12.1. The minimum atomic E-state index is -0.373. The van der Waals surface area contributed by atoms with Crippen molar-refractivity contribution in [3.63, 3.8) is 0 Å². The van der Waals surface area contributed by atoms with Gasteiger partial charge in [-0.25, -0.2) is 14.6 Å². The second-order valence-corrected chi connectivity index (χ2v) is 6.59. The van der Waals surface area contributed by atoms with Crippen molar-refractivity contribution < 1.29 is 9.15 Å². The number of nitrogens with one attached hydrogen (secondary N) is 1. The third-order valence-electron chi connectivity index (χ3n) is 4.79. The third-order valence-corrected chi connectivity index (χ3v) is 4.79. The molecule has 0 spiro atoms. The molecule has 8 heteroatoms. The number of rotatable bonds is 5. The SMILES string of the molecule is CCn1nnc2c(NC(c3ccc(C)o3)C3(C)CCCO3)ncnc21. The Morgan fingerprint density at radius 3 is 2.92 bits per heavy atom. The topological polar surface area (TPSA) is 90.9 Å². The summed E-state index contributed by atoms with van der Waals surface area (Å²) >= 11 is 0. The molecule has 2 unspecified atom stereocenters. The van der Waals surface area contributed by atoms with Crippen molar-refractivity contribution in [2.75, 3.05) is 11.9 Å². The van der Waals surface area contributed by atoms with Gasteiger partial charge in [0.1, 0.15) is 23.9 Å². The summed E-state index contributed by atoms with van der Waals surface area (Å²) in [6.07, 6.45) is 3.50. The first kappa shape index (κ1) is 16.0. The lowest BCUT2D eigenvalue weighted by Gasteiger charge is -2.32. The van der Waals surface area contributed by atoms with Crippen LogP contribution >= 0.6 is 0 Å². The fraction of sp³-hybridized carbons (Fsp3) is 0.529. The van der Waals surface area contributed by atoms with Gasteiger partial charge in [0.15, 0.2) is 17.0 Å². The van der Waals surface area contributed by atoms with E-state index in [9.17, 15) is 0 Å². The summed E-state index contributed by atoms with van der Waals surface area (Å²) in [5.74, 6) is 2.34. The van der Waals surface area contributed by atoms with E-state index in [0.29, 0.717) is 23.5 Å². The van der Waals surface area contributed by atoms with Crippen molar-refractivity contribution in [1.82, 2.24) is 25.0 Å². The van der Waals surface area contributed by atoms with Crippen molar-refractivity contribution in [2.24, 2.45) is 0 Å². The molecule has 3 aromatic rings. The predicted octanol–water partition coefficient (Wildman–Crippen LogP) is 2.86. The van der Waals surface area contributed by atoms with Crippen molar-refractivity contribution in [1.29, 1.82) is 0 Å². The smallest absolute Gasteiger partial charge is 0.183 e. The van der Waals surface area contributed by atoms with E-state index in [1.165, 1.54) is 6.33 Å². The van der Waals surface area contributed by atoms with Crippen LogP contribution in [0.1, 0.15) is 44.3 Å². The highest BCUT2D eigenvalue weighted by atomic mass is 16.5. The number of ether oxygens (including phenoxy) is 1. The number of aryl methyl sites for hydroxylation is 2. The van der Waals surface area contributed by atoms with Gasteiger partial charge in [-0.1, -0.05) is 5.21 Å². The number of hydrogen-bond donors (Lipinski definition) is 1. The maximum atomic E-state index is 6.07. The van der Waals surface area contributed by atoms with Gasteiger partial charge in [0, 0.05) is 13.2 Å². The Kier molecular flexibility index (Phi) is 3.91. The lowest BCUT2D eigenvalue weighted by atomic mass is 9.91. The second-order valence-electron chi connectivity index (χ2n) is 6.59. The largest absolute Gasteiger partial charge is 0.464 e. The van der Waals surface area contributed by atoms with E-state index in [1.807, 2.05) is 26.0 Å². The summed E-state index contributed by atoms with van der Waals surface area (Å²) in [6, 6.07) is 3.78. The molecule has 0 aliphatic carbocycles. The summed E-state index contributed by atoms with van der Waals surface area (Å²) in [5.41, 5.74) is 0.994. The van der Waals surface area contributed by atoms with Crippen LogP contribution in [0.15, 0.2) is 22.9 Å². The van der Waals surface area contributed by atoms with Crippen LogP contribution in [-0.4, -0.2) is 37.2 Å². The van der Waals surface area contributed by atoms with E-state index >= 15 is 0 Å². The normalized spacial score (nSPS) is 21.7. The van der Waals surface area contributed by atoms with Gasteiger partial charge in [0.25, 0.3) is 0 Å². The van der Waals surface area contributed by atoms with Crippen molar-refractivity contribution >= 4 is 17.0 Å². The molecule has 2 atom stereocenters. The van der Waals surface area contributed by atoms with Gasteiger partial charge in [-0.15, -0.1) is 5.10 Å². The molecule has 132 valence electrons. The fourth-order valence-electron chi connectivity index (χ4n) is 3.41. The molecule has 1 N–H and O–H groups in total. The molecular formula is C17H22N6O2. The molecule has 4 heterocycles. The lowest BCUT2D eigenvalue weighted by Crippen LogP contribution is -2.37. The number of fused-ring (bicyclic) bond motifs is 1. The summed E-state index contributed by atoms with van der Waals surface area (Å²) in [7, 11) is 0. The zero-order chi connectivity index (χ0) is 17.4. The van der Waals surface area contributed by atoms with Gasteiger partial charge < -0.3 is 14.5 Å².